The van der Waals surface area contributed by atoms with Gasteiger partial charge in [-0.1, -0.05) is 12.1 Å². The number of aryl methyl sites for hydroxylation is 2. The van der Waals surface area contributed by atoms with E-state index in [1.165, 1.54) is 5.56 Å². The lowest BCUT2D eigenvalue weighted by Crippen LogP contribution is -2.12. The molecule has 0 aliphatic rings. The summed E-state index contributed by atoms with van der Waals surface area (Å²) in [6.45, 7) is 7.48. The van der Waals surface area contributed by atoms with Crippen LogP contribution in [0.3, 0.4) is 0 Å². The van der Waals surface area contributed by atoms with Crippen LogP contribution in [0.5, 0.6) is 5.75 Å². The van der Waals surface area contributed by atoms with Crippen LogP contribution < -0.4 is 10.1 Å². The van der Waals surface area contributed by atoms with Gasteiger partial charge in [0.25, 0.3) is 0 Å². The Kier molecular flexibility index (Phi) is 4.74. The number of rotatable bonds is 6. The minimum absolute atomic E-state index is 0.339. The fraction of sp³-hybridized carbons (Fsp3) is 0.467. The lowest BCUT2D eigenvalue weighted by Gasteiger charge is -2.14. The van der Waals surface area contributed by atoms with Crippen LogP contribution in [0, 0.1) is 6.92 Å². The van der Waals surface area contributed by atoms with E-state index in [9.17, 15) is 0 Å². The van der Waals surface area contributed by atoms with Gasteiger partial charge in [0, 0.05) is 12.6 Å². The molecule has 1 aromatic heterocycles. The Morgan fingerprint density at radius 2 is 2.20 bits per heavy atom. The van der Waals surface area contributed by atoms with Crippen molar-refractivity contribution < 1.29 is 4.74 Å². The highest BCUT2D eigenvalue weighted by atomic mass is 16.5. The largest absolute Gasteiger partial charge is 0.485 e. The highest BCUT2D eigenvalue weighted by Gasteiger charge is 2.08. The second kappa shape index (κ2) is 6.52. The third-order valence-electron chi connectivity index (χ3n) is 3.48. The average Bonchev–Trinajstić information content (AvgIpc) is 2.92. The summed E-state index contributed by atoms with van der Waals surface area (Å²) >= 11 is 0. The van der Waals surface area contributed by atoms with Gasteiger partial charge in [-0.15, -0.1) is 0 Å². The van der Waals surface area contributed by atoms with Crippen molar-refractivity contribution in [2.45, 2.75) is 40.0 Å². The average molecular weight is 274 g/mol. The first-order valence-electron chi connectivity index (χ1n) is 6.93. The van der Waals surface area contributed by atoms with Crippen molar-refractivity contribution in [2.24, 2.45) is 0 Å². The summed E-state index contributed by atoms with van der Waals surface area (Å²) in [5, 5.41) is 7.37. The van der Waals surface area contributed by atoms with Crippen LogP contribution in [-0.2, 0) is 13.2 Å². The van der Waals surface area contributed by atoms with Crippen LogP contribution in [0.25, 0.3) is 0 Å². The van der Waals surface area contributed by atoms with Crippen LogP contribution in [0.4, 0.5) is 0 Å². The highest BCUT2D eigenvalue weighted by Crippen LogP contribution is 2.23. The van der Waals surface area contributed by atoms with E-state index in [1.54, 1.807) is 6.33 Å². The molecule has 1 aromatic carbocycles. The molecule has 0 fully saturated rings. The zero-order valence-corrected chi connectivity index (χ0v) is 12.6. The Morgan fingerprint density at radius 1 is 1.40 bits per heavy atom. The number of nitrogens with zero attached hydrogens (tertiary/aromatic N) is 3. The van der Waals surface area contributed by atoms with Crippen LogP contribution in [-0.4, -0.2) is 21.8 Å². The SMILES string of the molecule is CCn1ncnc1COc1ccc(C(C)NC)cc1C. The maximum absolute atomic E-state index is 5.85. The van der Waals surface area contributed by atoms with E-state index in [-0.39, 0.29) is 0 Å². The Labute approximate surface area is 120 Å². The quantitative estimate of drug-likeness (QED) is 0.879. The Bertz CT molecular complexity index is 565. The number of hydrogen-bond donors (Lipinski definition) is 1. The van der Waals surface area contributed by atoms with E-state index >= 15 is 0 Å². The van der Waals surface area contributed by atoms with Crippen molar-refractivity contribution in [3.63, 3.8) is 0 Å². The van der Waals surface area contributed by atoms with Gasteiger partial charge in [-0.25, -0.2) is 9.67 Å². The first-order chi connectivity index (χ1) is 9.65. The van der Waals surface area contributed by atoms with E-state index < -0.39 is 0 Å². The molecule has 1 unspecified atom stereocenters. The minimum Gasteiger partial charge on any atom is -0.485 e. The molecular formula is C15H22N4O. The maximum Gasteiger partial charge on any atom is 0.164 e. The first kappa shape index (κ1) is 14.5. The van der Waals surface area contributed by atoms with Gasteiger partial charge in [0.1, 0.15) is 18.7 Å². The van der Waals surface area contributed by atoms with E-state index in [4.69, 9.17) is 4.74 Å². The monoisotopic (exact) mass is 274 g/mol. The van der Waals surface area contributed by atoms with Gasteiger partial charge in [0.05, 0.1) is 0 Å². The Hall–Kier alpha value is -1.88. The molecule has 0 saturated heterocycles. The van der Waals surface area contributed by atoms with Gasteiger partial charge in [-0.05, 0) is 45.0 Å². The lowest BCUT2D eigenvalue weighted by molar-refractivity contribution is 0.285. The normalized spacial score (nSPS) is 12.4. The summed E-state index contributed by atoms with van der Waals surface area (Å²) in [5.41, 5.74) is 2.39. The molecule has 0 aliphatic carbocycles. The van der Waals surface area contributed by atoms with Gasteiger partial charge >= 0.3 is 0 Å². The standard InChI is InChI=1S/C15H22N4O/c1-5-19-15(17-10-18-19)9-20-14-7-6-13(8-11(14)2)12(3)16-4/h6-8,10,12,16H,5,9H2,1-4H3. The number of ether oxygens (including phenoxy) is 1. The van der Waals surface area contributed by atoms with E-state index in [2.05, 4.69) is 41.4 Å². The zero-order chi connectivity index (χ0) is 14.5. The number of hydrogen-bond acceptors (Lipinski definition) is 4. The topological polar surface area (TPSA) is 52.0 Å². The van der Waals surface area contributed by atoms with Gasteiger partial charge < -0.3 is 10.1 Å². The second-order valence-electron chi connectivity index (χ2n) is 4.82. The molecule has 20 heavy (non-hydrogen) atoms. The molecule has 0 radical (unpaired) electrons. The molecule has 0 saturated carbocycles. The fourth-order valence-corrected chi connectivity index (χ4v) is 2.08. The molecule has 0 amide bonds. The molecule has 1 N–H and O–H groups in total. The predicted molar refractivity (Wildman–Crippen MR) is 78.7 cm³/mol. The van der Waals surface area contributed by atoms with Crippen LogP contribution in [0.1, 0.15) is 36.8 Å². The van der Waals surface area contributed by atoms with E-state index in [0.29, 0.717) is 12.6 Å². The number of nitrogens with one attached hydrogen (secondary N) is 1. The maximum atomic E-state index is 5.85. The van der Waals surface area contributed by atoms with E-state index in [1.807, 2.05) is 24.7 Å². The summed E-state index contributed by atoms with van der Waals surface area (Å²) in [5.74, 6) is 1.74. The molecular weight excluding hydrogens is 252 g/mol. The van der Waals surface area contributed by atoms with Gasteiger partial charge in [-0.2, -0.15) is 5.10 Å². The zero-order valence-electron chi connectivity index (χ0n) is 12.6. The van der Waals surface area contributed by atoms with Gasteiger partial charge in [-0.3, -0.25) is 0 Å². The van der Waals surface area contributed by atoms with Crippen molar-refractivity contribution in [3.05, 3.63) is 41.5 Å². The minimum atomic E-state index is 0.339. The lowest BCUT2D eigenvalue weighted by atomic mass is 10.1. The summed E-state index contributed by atoms with van der Waals surface area (Å²) in [7, 11) is 1.96. The van der Waals surface area contributed by atoms with Gasteiger partial charge in [0.15, 0.2) is 5.82 Å². The molecule has 0 spiro atoms. The number of benzene rings is 1. The molecule has 2 aromatic rings. The summed E-state index contributed by atoms with van der Waals surface area (Å²) in [6, 6.07) is 6.60. The first-order valence-corrected chi connectivity index (χ1v) is 6.93. The van der Waals surface area contributed by atoms with Crippen molar-refractivity contribution in [2.75, 3.05) is 7.05 Å². The molecule has 5 nitrogen and oxygen atoms in total. The van der Waals surface area contributed by atoms with Crippen molar-refractivity contribution in [1.29, 1.82) is 0 Å². The molecule has 108 valence electrons. The predicted octanol–water partition coefficient (Wildman–Crippen LogP) is 2.47. The Morgan fingerprint density at radius 3 is 2.85 bits per heavy atom. The molecule has 2 rings (SSSR count). The summed E-state index contributed by atoms with van der Waals surface area (Å²) < 4.78 is 7.69. The molecule has 1 atom stereocenters. The third-order valence-corrected chi connectivity index (χ3v) is 3.48. The smallest absolute Gasteiger partial charge is 0.164 e. The van der Waals surface area contributed by atoms with Crippen LogP contribution >= 0.6 is 0 Å². The summed E-state index contributed by atoms with van der Waals surface area (Å²) in [4.78, 5) is 4.21. The van der Waals surface area contributed by atoms with Crippen LogP contribution in [0.15, 0.2) is 24.5 Å². The highest BCUT2D eigenvalue weighted by molar-refractivity contribution is 5.37. The van der Waals surface area contributed by atoms with Gasteiger partial charge in [0.2, 0.25) is 0 Å². The molecule has 1 heterocycles. The summed E-state index contributed by atoms with van der Waals surface area (Å²) in [6.07, 6.45) is 1.56. The second-order valence-corrected chi connectivity index (χ2v) is 4.82. The van der Waals surface area contributed by atoms with Crippen LogP contribution in [0.2, 0.25) is 0 Å². The van der Waals surface area contributed by atoms with E-state index in [0.717, 1.165) is 23.7 Å². The Balaban J connectivity index is 2.07. The molecule has 5 heteroatoms. The van der Waals surface area contributed by atoms with Crippen molar-refractivity contribution in [1.82, 2.24) is 20.1 Å². The third kappa shape index (κ3) is 3.17. The molecule has 0 bridgehead atoms. The number of aromatic nitrogens is 3. The molecule has 0 aliphatic heterocycles. The van der Waals surface area contributed by atoms with Crippen molar-refractivity contribution >= 4 is 0 Å². The van der Waals surface area contributed by atoms with Crippen molar-refractivity contribution in [3.8, 4) is 5.75 Å². The fourth-order valence-electron chi connectivity index (χ4n) is 2.08.